The molecule has 0 unspecified atom stereocenters. The first-order chi connectivity index (χ1) is 11.8. The van der Waals surface area contributed by atoms with Crippen LogP contribution in [0.1, 0.15) is 53.4 Å². The van der Waals surface area contributed by atoms with Crippen molar-refractivity contribution >= 4 is 12.0 Å². The van der Waals surface area contributed by atoms with Gasteiger partial charge in [0, 0.05) is 13.1 Å². The average Bonchev–Trinajstić information content (AvgIpc) is 2.54. The number of carbonyl (C=O) groups is 2. The van der Waals surface area contributed by atoms with Crippen LogP contribution in [0.5, 0.6) is 0 Å². The Kier molecular flexibility index (Phi) is 12.2. The number of rotatable bonds is 12. The molecule has 0 rings (SSSR count). The van der Waals surface area contributed by atoms with Crippen LogP contribution >= 0.6 is 0 Å². The van der Waals surface area contributed by atoms with Crippen LogP contribution in [0.25, 0.3) is 0 Å². The lowest BCUT2D eigenvalue weighted by Crippen LogP contribution is -2.42. The van der Waals surface area contributed by atoms with Crippen molar-refractivity contribution in [1.82, 2.24) is 10.2 Å². The fourth-order valence-corrected chi connectivity index (χ4v) is 1.93. The number of ether oxygens (including phenoxy) is 1. The minimum absolute atomic E-state index is 0.0341. The molecule has 5 nitrogen and oxygen atoms in total. The van der Waals surface area contributed by atoms with Gasteiger partial charge in [0.05, 0.1) is 6.61 Å². The molecular formula is C20H34N2O3. The number of unbranched alkanes of at least 4 members (excludes halogenated alkanes) is 2. The summed E-state index contributed by atoms with van der Waals surface area (Å²) in [6.45, 7) is 17.0. The van der Waals surface area contributed by atoms with E-state index in [-0.39, 0.29) is 19.0 Å². The molecule has 0 aliphatic carbocycles. The topological polar surface area (TPSA) is 58.6 Å². The summed E-state index contributed by atoms with van der Waals surface area (Å²) < 4.78 is 5.25. The fourth-order valence-electron chi connectivity index (χ4n) is 1.93. The lowest BCUT2D eigenvalue weighted by molar-refractivity contribution is -0.121. The summed E-state index contributed by atoms with van der Waals surface area (Å²) in [6.07, 6.45) is 5.06. The molecule has 0 heterocycles. The van der Waals surface area contributed by atoms with Crippen LogP contribution in [0.3, 0.4) is 0 Å². The van der Waals surface area contributed by atoms with Crippen molar-refractivity contribution in [3.05, 3.63) is 36.0 Å². The first kappa shape index (κ1) is 23.0. The highest BCUT2D eigenvalue weighted by Crippen LogP contribution is 2.10. The smallest absolute Gasteiger partial charge is 0.410 e. The second kappa shape index (κ2) is 13.3. The average molecular weight is 351 g/mol. The lowest BCUT2D eigenvalue weighted by Gasteiger charge is -2.22. The zero-order chi connectivity index (χ0) is 19.2. The van der Waals surface area contributed by atoms with Gasteiger partial charge in [-0.25, -0.2) is 4.79 Å². The summed E-state index contributed by atoms with van der Waals surface area (Å²) >= 11 is 0. The molecule has 0 aromatic rings. The maximum absolute atomic E-state index is 12.3. The highest BCUT2D eigenvalue weighted by atomic mass is 16.6. The first-order valence-corrected chi connectivity index (χ1v) is 9.02. The van der Waals surface area contributed by atoms with E-state index in [2.05, 4.69) is 25.4 Å². The zero-order valence-electron chi connectivity index (χ0n) is 16.3. The zero-order valence-corrected chi connectivity index (χ0v) is 16.3. The number of nitrogens with zero attached hydrogens (tertiary/aromatic N) is 1. The molecule has 0 spiro atoms. The van der Waals surface area contributed by atoms with E-state index >= 15 is 0 Å². The molecular weight excluding hydrogens is 316 g/mol. The minimum Gasteiger partial charge on any atom is -0.449 e. The molecule has 2 amide bonds. The quantitative estimate of drug-likeness (QED) is 0.423. The summed E-state index contributed by atoms with van der Waals surface area (Å²) in [6, 6.07) is 0. The lowest BCUT2D eigenvalue weighted by atomic mass is 10.1. The van der Waals surface area contributed by atoms with Crippen molar-refractivity contribution in [2.75, 3.05) is 26.2 Å². The molecule has 0 aliphatic heterocycles. The van der Waals surface area contributed by atoms with Crippen LogP contribution in [0.15, 0.2) is 36.0 Å². The van der Waals surface area contributed by atoms with Crippen molar-refractivity contribution < 1.29 is 14.3 Å². The number of hydrogen-bond donors (Lipinski definition) is 1. The Morgan fingerprint density at radius 2 is 1.72 bits per heavy atom. The molecule has 1 N–H and O–H groups in total. The molecule has 25 heavy (non-hydrogen) atoms. The SMILES string of the molecule is C=C(/C=C(/C)C(=C)C)CN(CC(=O)NCCCC)C(=O)OCCCC. The van der Waals surface area contributed by atoms with Crippen LogP contribution < -0.4 is 5.32 Å². The van der Waals surface area contributed by atoms with Gasteiger partial charge >= 0.3 is 6.09 Å². The van der Waals surface area contributed by atoms with Gasteiger partial charge in [-0.1, -0.05) is 51.5 Å². The number of carbonyl (C=O) groups excluding carboxylic acids is 2. The Bertz CT molecular complexity index is 495. The van der Waals surface area contributed by atoms with E-state index in [4.69, 9.17) is 4.74 Å². The second-order valence-corrected chi connectivity index (χ2v) is 6.29. The van der Waals surface area contributed by atoms with Crippen molar-refractivity contribution in [3.63, 3.8) is 0 Å². The summed E-state index contributed by atoms with van der Waals surface area (Å²) in [5.74, 6) is -0.186. The van der Waals surface area contributed by atoms with Gasteiger partial charge in [-0.3, -0.25) is 9.69 Å². The number of amides is 2. The molecule has 5 heteroatoms. The van der Waals surface area contributed by atoms with Gasteiger partial charge in [0.2, 0.25) is 5.91 Å². The van der Waals surface area contributed by atoms with Gasteiger partial charge in [-0.2, -0.15) is 0 Å². The van der Waals surface area contributed by atoms with Crippen LogP contribution in [-0.2, 0) is 9.53 Å². The van der Waals surface area contributed by atoms with Crippen LogP contribution in [0.4, 0.5) is 4.79 Å². The van der Waals surface area contributed by atoms with Crippen molar-refractivity contribution in [2.45, 2.75) is 53.4 Å². The maximum atomic E-state index is 12.3. The molecule has 0 fully saturated rings. The van der Waals surface area contributed by atoms with Gasteiger partial charge < -0.3 is 10.1 Å². The number of nitrogens with one attached hydrogen (secondary N) is 1. The molecule has 0 saturated heterocycles. The predicted molar refractivity (Wildman–Crippen MR) is 103 cm³/mol. The van der Waals surface area contributed by atoms with Gasteiger partial charge in [0.15, 0.2) is 0 Å². The third kappa shape index (κ3) is 11.2. The maximum Gasteiger partial charge on any atom is 0.410 e. The molecule has 0 atom stereocenters. The van der Waals surface area contributed by atoms with Crippen LogP contribution in [0, 0.1) is 0 Å². The standard InChI is InChI=1S/C20H34N2O3/c1-7-9-11-21-19(23)15-22(20(24)25-12-10-8-2)14-17(5)13-18(6)16(3)4/h13H,3,5,7-12,14-15H2,1-2,4,6H3,(H,21,23)/b18-13-. The minimum atomic E-state index is -0.485. The monoisotopic (exact) mass is 350 g/mol. The molecule has 0 aliphatic rings. The van der Waals surface area contributed by atoms with Gasteiger partial charge in [0.1, 0.15) is 6.54 Å². The molecule has 0 saturated carbocycles. The molecule has 0 radical (unpaired) electrons. The number of hydrogen-bond acceptors (Lipinski definition) is 3. The normalized spacial score (nSPS) is 11.0. The highest BCUT2D eigenvalue weighted by Gasteiger charge is 2.19. The van der Waals surface area contributed by atoms with E-state index in [9.17, 15) is 9.59 Å². The fraction of sp³-hybridized carbons (Fsp3) is 0.600. The third-order valence-electron chi connectivity index (χ3n) is 3.66. The largest absolute Gasteiger partial charge is 0.449 e. The van der Waals surface area contributed by atoms with E-state index < -0.39 is 6.09 Å². The summed E-state index contributed by atoms with van der Waals surface area (Å²) in [4.78, 5) is 25.7. The Balaban J connectivity index is 4.84. The Morgan fingerprint density at radius 1 is 1.08 bits per heavy atom. The Morgan fingerprint density at radius 3 is 2.28 bits per heavy atom. The van der Waals surface area contributed by atoms with Gasteiger partial charge in [0.25, 0.3) is 0 Å². The molecule has 0 bridgehead atoms. The Hall–Kier alpha value is -2.04. The summed E-state index contributed by atoms with van der Waals surface area (Å²) in [5.41, 5.74) is 2.67. The van der Waals surface area contributed by atoms with E-state index in [0.717, 1.165) is 42.4 Å². The van der Waals surface area contributed by atoms with Crippen LogP contribution in [-0.4, -0.2) is 43.1 Å². The van der Waals surface area contributed by atoms with E-state index in [0.29, 0.717) is 13.2 Å². The molecule has 142 valence electrons. The van der Waals surface area contributed by atoms with Crippen LogP contribution in [0.2, 0.25) is 0 Å². The van der Waals surface area contributed by atoms with Gasteiger partial charge in [-0.05, 0) is 37.8 Å². The molecule has 0 aromatic heterocycles. The Labute approximate surface area is 152 Å². The van der Waals surface area contributed by atoms with E-state index in [1.165, 1.54) is 4.90 Å². The van der Waals surface area contributed by atoms with Crippen molar-refractivity contribution in [1.29, 1.82) is 0 Å². The van der Waals surface area contributed by atoms with E-state index in [1.807, 2.05) is 26.8 Å². The third-order valence-corrected chi connectivity index (χ3v) is 3.66. The molecule has 0 aromatic carbocycles. The number of allylic oxidation sites excluding steroid dienone is 2. The first-order valence-electron chi connectivity index (χ1n) is 9.02. The van der Waals surface area contributed by atoms with Crippen molar-refractivity contribution in [3.8, 4) is 0 Å². The van der Waals surface area contributed by atoms with Gasteiger partial charge in [-0.15, -0.1) is 0 Å². The second-order valence-electron chi connectivity index (χ2n) is 6.29. The summed E-state index contributed by atoms with van der Waals surface area (Å²) in [5, 5.41) is 2.82. The predicted octanol–water partition coefficient (Wildman–Crippen LogP) is 4.22. The summed E-state index contributed by atoms with van der Waals surface area (Å²) in [7, 11) is 0. The van der Waals surface area contributed by atoms with E-state index in [1.54, 1.807) is 0 Å². The highest BCUT2D eigenvalue weighted by molar-refractivity contribution is 5.82. The van der Waals surface area contributed by atoms with Crippen molar-refractivity contribution in [2.24, 2.45) is 0 Å².